The first-order chi connectivity index (χ1) is 9.51. The SMILES string of the molecule is CCCN1CN=C(NS(=O)(=O)c2ccc(F)cc2)NC1. The van der Waals surface area contributed by atoms with E-state index in [1.807, 2.05) is 0 Å². The molecule has 0 amide bonds. The van der Waals surface area contributed by atoms with Crippen molar-refractivity contribution >= 4 is 16.0 Å². The van der Waals surface area contributed by atoms with E-state index in [9.17, 15) is 12.8 Å². The highest BCUT2D eigenvalue weighted by molar-refractivity contribution is 7.90. The molecule has 0 saturated carbocycles. The van der Waals surface area contributed by atoms with Gasteiger partial charge in [-0.15, -0.1) is 0 Å². The van der Waals surface area contributed by atoms with E-state index >= 15 is 0 Å². The molecule has 0 fully saturated rings. The Kier molecular flexibility index (Phi) is 4.56. The number of hydrogen-bond acceptors (Lipinski definition) is 5. The lowest BCUT2D eigenvalue weighted by Gasteiger charge is -2.26. The molecule has 1 aliphatic rings. The van der Waals surface area contributed by atoms with Gasteiger partial charge in [0.15, 0.2) is 0 Å². The van der Waals surface area contributed by atoms with Crippen LogP contribution in [0.5, 0.6) is 0 Å². The topological polar surface area (TPSA) is 73.8 Å². The second-order valence-corrected chi connectivity index (χ2v) is 6.12. The van der Waals surface area contributed by atoms with Gasteiger partial charge >= 0.3 is 0 Å². The molecule has 0 unspecified atom stereocenters. The van der Waals surface area contributed by atoms with E-state index in [4.69, 9.17) is 0 Å². The fourth-order valence-corrected chi connectivity index (χ4v) is 2.80. The number of guanidine groups is 1. The van der Waals surface area contributed by atoms with E-state index < -0.39 is 15.8 Å². The van der Waals surface area contributed by atoms with Crippen molar-refractivity contribution in [3.63, 3.8) is 0 Å². The molecule has 0 radical (unpaired) electrons. The third kappa shape index (κ3) is 3.67. The van der Waals surface area contributed by atoms with Gasteiger partial charge in [-0.25, -0.2) is 22.5 Å². The zero-order chi connectivity index (χ0) is 14.6. The number of nitrogens with zero attached hydrogens (tertiary/aromatic N) is 2. The molecule has 0 bridgehead atoms. The number of rotatable bonds is 4. The minimum absolute atomic E-state index is 0.000567. The molecule has 2 rings (SSSR count). The van der Waals surface area contributed by atoms with E-state index in [2.05, 4.69) is 26.9 Å². The standard InChI is InChI=1S/C12H17FN4O2S/c1-2-7-17-8-14-12(15-9-17)16-20(18,19)11-5-3-10(13)4-6-11/h3-6H,2,7-9H2,1H3,(H2,14,15,16). The summed E-state index contributed by atoms with van der Waals surface area (Å²) in [6.45, 7) is 3.95. The summed E-state index contributed by atoms with van der Waals surface area (Å²) in [4.78, 5) is 6.18. The molecule has 110 valence electrons. The van der Waals surface area contributed by atoms with Crippen LogP contribution in [0.25, 0.3) is 0 Å². The van der Waals surface area contributed by atoms with Crippen LogP contribution >= 0.6 is 0 Å². The highest BCUT2D eigenvalue weighted by atomic mass is 32.2. The van der Waals surface area contributed by atoms with Gasteiger partial charge in [0.2, 0.25) is 5.96 Å². The monoisotopic (exact) mass is 300 g/mol. The maximum atomic E-state index is 12.8. The fourth-order valence-electron chi connectivity index (χ4n) is 1.80. The van der Waals surface area contributed by atoms with Gasteiger partial charge in [0, 0.05) is 6.54 Å². The predicted octanol–water partition coefficient (Wildman–Crippen LogP) is 0.690. The quantitative estimate of drug-likeness (QED) is 0.858. The third-order valence-electron chi connectivity index (χ3n) is 2.79. The predicted molar refractivity (Wildman–Crippen MR) is 74.0 cm³/mol. The molecule has 0 aliphatic carbocycles. The Bertz CT molecular complexity index is 586. The van der Waals surface area contributed by atoms with Crippen LogP contribution in [0, 0.1) is 5.82 Å². The Hall–Kier alpha value is -1.67. The van der Waals surface area contributed by atoms with Crippen LogP contribution in [-0.2, 0) is 10.0 Å². The number of hydrogen-bond donors (Lipinski definition) is 2. The van der Waals surface area contributed by atoms with Gasteiger partial charge in [-0.3, -0.25) is 4.90 Å². The normalized spacial score (nSPS) is 16.4. The van der Waals surface area contributed by atoms with E-state index in [0.29, 0.717) is 13.3 Å². The Labute approximate surface area is 117 Å². The van der Waals surface area contributed by atoms with Gasteiger partial charge in [-0.2, -0.15) is 0 Å². The summed E-state index contributed by atoms with van der Waals surface area (Å²) in [6, 6.07) is 4.64. The van der Waals surface area contributed by atoms with E-state index in [0.717, 1.165) is 25.1 Å². The molecule has 1 aromatic rings. The summed E-state index contributed by atoms with van der Waals surface area (Å²) in [5.74, 6) is -0.269. The van der Waals surface area contributed by atoms with E-state index in [-0.39, 0.29) is 10.9 Å². The first-order valence-electron chi connectivity index (χ1n) is 6.30. The Morgan fingerprint density at radius 3 is 2.65 bits per heavy atom. The molecular formula is C12H17FN4O2S. The summed E-state index contributed by atoms with van der Waals surface area (Å²) >= 11 is 0. The summed E-state index contributed by atoms with van der Waals surface area (Å²) < 4.78 is 39.2. The van der Waals surface area contributed by atoms with Crippen LogP contribution < -0.4 is 10.0 Å². The maximum absolute atomic E-state index is 12.8. The minimum atomic E-state index is -3.73. The summed E-state index contributed by atoms with van der Waals surface area (Å²) in [5.41, 5.74) is 0. The molecule has 1 aliphatic heterocycles. The highest BCUT2D eigenvalue weighted by Crippen LogP contribution is 2.09. The van der Waals surface area contributed by atoms with Crippen molar-refractivity contribution in [2.24, 2.45) is 4.99 Å². The molecule has 0 atom stereocenters. The fraction of sp³-hybridized carbons (Fsp3) is 0.417. The van der Waals surface area contributed by atoms with E-state index in [1.165, 1.54) is 12.1 Å². The highest BCUT2D eigenvalue weighted by Gasteiger charge is 2.19. The van der Waals surface area contributed by atoms with Gasteiger partial charge in [0.05, 0.1) is 18.2 Å². The van der Waals surface area contributed by atoms with Crippen LogP contribution in [0.1, 0.15) is 13.3 Å². The summed E-state index contributed by atoms with van der Waals surface area (Å²) in [5, 5.41) is 2.90. The summed E-state index contributed by atoms with van der Waals surface area (Å²) in [7, 11) is -3.73. The molecule has 2 N–H and O–H groups in total. The van der Waals surface area contributed by atoms with Gasteiger partial charge in [0.1, 0.15) is 5.82 Å². The molecule has 1 aromatic carbocycles. The van der Waals surface area contributed by atoms with Crippen molar-refractivity contribution in [3.8, 4) is 0 Å². The molecule has 20 heavy (non-hydrogen) atoms. The van der Waals surface area contributed by atoms with Crippen LogP contribution in [0.15, 0.2) is 34.2 Å². The van der Waals surface area contributed by atoms with Crippen molar-refractivity contribution in [1.82, 2.24) is 14.9 Å². The van der Waals surface area contributed by atoms with Crippen LogP contribution in [-0.4, -0.2) is 39.2 Å². The van der Waals surface area contributed by atoms with Crippen molar-refractivity contribution < 1.29 is 12.8 Å². The van der Waals surface area contributed by atoms with Crippen molar-refractivity contribution in [2.45, 2.75) is 18.2 Å². The van der Waals surface area contributed by atoms with Gasteiger partial charge in [-0.05, 0) is 30.7 Å². The number of aliphatic imine (C=N–C) groups is 1. The largest absolute Gasteiger partial charge is 0.343 e. The van der Waals surface area contributed by atoms with Crippen LogP contribution in [0.4, 0.5) is 4.39 Å². The number of benzene rings is 1. The lowest BCUT2D eigenvalue weighted by Crippen LogP contribution is -2.50. The second kappa shape index (κ2) is 6.19. The number of sulfonamides is 1. The molecule has 0 aromatic heterocycles. The lowest BCUT2D eigenvalue weighted by atomic mass is 10.4. The maximum Gasteiger partial charge on any atom is 0.264 e. The number of nitrogens with one attached hydrogen (secondary N) is 2. The van der Waals surface area contributed by atoms with Gasteiger partial charge in [-0.1, -0.05) is 6.92 Å². The first kappa shape index (κ1) is 14.7. The third-order valence-corrected chi connectivity index (χ3v) is 4.15. The zero-order valence-electron chi connectivity index (χ0n) is 11.1. The van der Waals surface area contributed by atoms with Gasteiger partial charge < -0.3 is 5.32 Å². The molecule has 6 nitrogen and oxygen atoms in total. The number of halogens is 1. The molecule has 8 heteroatoms. The average Bonchev–Trinajstić information content (AvgIpc) is 2.41. The molecular weight excluding hydrogens is 283 g/mol. The smallest absolute Gasteiger partial charge is 0.264 e. The Morgan fingerprint density at radius 2 is 2.10 bits per heavy atom. The molecule has 0 spiro atoms. The lowest BCUT2D eigenvalue weighted by molar-refractivity contribution is 0.264. The minimum Gasteiger partial charge on any atom is -0.343 e. The van der Waals surface area contributed by atoms with Crippen molar-refractivity contribution in [2.75, 3.05) is 19.9 Å². The van der Waals surface area contributed by atoms with Crippen LogP contribution in [0.2, 0.25) is 0 Å². The van der Waals surface area contributed by atoms with Gasteiger partial charge in [0.25, 0.3) is 10.0 Å². The van der Waals surface area contributed by atoms with Crippen molar-refractivity contribution in [1.29, 1.82) is 0 Å². The van der Waals surface area contributed by atoms with Crippen LogP contribution in [0.3, 0.4) is 0 Å². The molecule has 1 heterocycles. The second-order valence-electron chi connectivity index (χ2n) is 4.44. The Morgan fingerprint density at radius 1 is 1.40 bits per heavy atom. The van der Waals surface area contributed by atoms with E-state index in [1.54, 1.807) is 0 Å². The first-order valence-corrected chi connectivity index (χ1v) is 7.78. The van der Waals surface area contributed by atoms with Crippen molar-refractivity contribution in [3.05, 3.63) is 30.1 Å². The summed E-state index contributed by atoms with van der Waals surface area (Å²) in [6.07, 6.45) is 1.01. The zero-order valence-corrected chi connectivity index (χ0v) is 12.0. The molecule has 0 saturated heterocycles. The Balaban J connectivity index is 2.04. The average molecular weight is 300 g/mol.